The fourth-order valence-electron chi connectivity index (χ4n) is 1.84. The van der Waals surface area contributed by atoms with Gasteiger partial charge in [-0.25, -0.2) is 5.43 Å². The molecule has 0 spiro atoms. The molecule has 0 atom stereocenters. The van der Waals surface area contributed by atoms with Crippen LogP contribution in [0.3, 0.4) is 0 Å². The Labute approximate surface area is 160 Å². The highest BCUT2D eigenvalue weighted by atomic mass is 35.5. The summed E-state index contributed by atoms with van der Waals surface area (Å²) < 4.78 is 5.39. The number of hydrazone groups is 1. The molecule has 0 fully saturated rings. The Hall–Kier alpha value is -2.83. The Morgan fingerprint density at radius 3 is 2.69 bits per heavy atom. The second-order valence-corrected chi connectivity index (χ2v) is 5.71. The number of halogens is 2. The standard InChI is InChI=1S/C18H15Cl2N3O3/c1-2-9-26-13-6-3-5-12(10-13)11-21-23-18(25)17(24)22-15-8-4-7-14(19)16(15)20/h2-8,10-11H,1,9H2,(H,22,24)(H,23,25)/b21-11+. The molecule has 0 unspecified atom stereocenters. The normalized spacial score (nSPS) is 10.4. The largest absolute Gasteiger partial charge is 0.490 e. The predicted molar refractivity (Wildman–Crippen MR) is 103 cm³/mol. The van der Waals surface area contributed by atoms with E-state index in [0.29, 0.717) is 17.9 Å². The Morgan fingerprint density at radius 1 is 1.15 bits per heavy atom. The first-order valence-electron chi connectivity index (χ1n) is 7.43. The number of carbonyl (C=O) groups is 2. The second kappa shape index (κ2) is 9.60. The van der Waals surface area contributed by atoms with Crippen LogP contribution in [-0.2, 0) is 9.59 Å². The molecule has 0 aromatic heterocycles. The molecule has 2 N–H and O–H groups in total. The molecule has 0 saturated carbocycles. The molecule has 134 valence electrons. The van der Waals surface area contributed by atoms with E-state index >= 15 is 0 Å². The average molecular weight is 392 g/mol. The van der Waals surface area contributed by atoms with Crippen LogP contribution in [0.25, 0.3) is 0 Å². The molecule has 0 radical (unpaired) electrons. The molecule has 0 aliphatic rings. The minimum absolute atomic E-state index is 0.148. The molecule has 0 saturated heterocycles. The van der Waals surface area contributed by atoms with Crippen molar-refractivity contribution in [1.29, 1.82) is 0 Å². The van der Waals surface area contributed by atoms with Gasteiger partial charge in [0.05, 0.1) is 21.9 Å². The maximum atomic E-state index is 11.9. The lowest BCUT2D eigenvalue weighted by Crippen LogP contribution is -2.32. The Morgan fingerprint density at radius 2 is 1.92 bits per heavy atom. The van der Waals surface area contributed by atoms with Gasteiger partial charge in [-0.2, -0.15) is 5.10 Å². The van der Waals surface area contributed by atoms with Crippen molar-refractivity contribution in [2.75, 3.05) is 11.9 Å². The lowest BCUT2D eigenvalue weighted by Gasteiger charge is -2.07. The van der Waals surface area contributed by atoms with Crippen molar-refractivity contribution in [2.24, 2.45) is 5.10 Å². The van der Waals surface area contributed by atoms with Crippen molar-refractivity contribution in [3.05, 3.63) is 70.7 Å². The van der Waals surface area contributed by atoms with Crippen LogP contribution < -0.4 is 15.5 Å². The van der Waals surface area contributed by atoms with Gasteiger partial charge >= 0.3 is 11.8 Å². The van der Waals surface area contributed by atoms with Gasteiger partial charge in [0.1, 0.15) is 12.4 Å². The van der Waals surface area contributed by atoms with Crippen molar-refractivity contribution >= 4 is 46.9 Å². The minimum atomic E-state index is -0.948. The van der Waals surface area contributed by atoms with E-state index in [4.69, 9.17) is 27.9 Å². The van der Waals surface area contributed by atoms with Gasteiger partial charge in [0.15, 0.2) is 0 Å². The molecule has 0 bridgehead atoms. The molecule has 0 aliphatic heterocycles. The van der Waals surface area contributed by atoms with Gasteiger partial charge in [-0.3, -0.25) is 9.59 Å². The zero-order valence-electron chi connectivity index (χ0n) is 13.5. The highest BCUT2D eigenvalue weighted by molar-refractivity contribution is 6.45. The summed E-state index contributed by atoms with van der Waals surface area (Å²) in [5.74, 6) is -1.24. The van der Waals surface area contributed by atoms with Crippen LogP contribution >= 0.6 is 23.2 Å². The zero-order chi connectivity index (χ0) is 18.9. The molecule has 0 heterocycles. The third-order valence-corrected chi connectivity index (χ3v) is 3.83. The van der Waals surface area contributed by atoms with E-state index in [1.54, 1.807) is 42.5 Å². The summed E-state index contributed by atoms with van der Waals surface area (Å²) in [4.78, 5) is 23.7. The molecule has 8 heteroatoms. The lowest BCUT2D eigenvalue weighted by molar-refractivity contribution is -0.136. The van der Waals surface area contributed by atoms with Gasteiger partial charge in [-0.15, -0.1) is 0 Å². The molecule has 26 heavy (non-hydrogen) atoms. The van der Waals surface area contributed by atoms with Crippen molar-refractivity contribution in [2.45, 2.75) is 0 Å². The van der Waals surface area contributed by atoms with E-state index in [1.165, 1.54) is 12.3 Å². The van der Waals surface area contributed by atoms with E-state index in [-0.39, 0.29) is 15.7 Å². The van der Waals surface area contributed by atoms with E-state index in [2.05, 4.69) is 22.4 Å². The number of benzene rings is 2. The summed E-state index contributed by atoms with van der Waals surface area (Å²) in [6, 6.07) is 11.7. The van der Waals surface area contributed by atoms with Crippen LogP contribution in [0.1, 0.15) is 5.56 Å². The topological polar surface area (TPSA) is 79.8 Å². The molecule has 6 nitrogen and oxygen atoms in total. The first-order chi connectivity index (χ1) is 12.5. The third-order valence-electron chi connectivity index (χ3n) is 3.01. The number of carbonyl (C=O) groups excluding carboxylic acids is 2. The summed E-state index contributed by atoms with van der Waals surface area (Å²) in [5, 5.41) is 6.52. The number of hydrogen-bond donors (Lipinski definition) is 2. The van der Waals surface area contributed by atoms with Gasteiger partial charge in [-0.1, -0.05) is 54.1 Å². The Kier molecular flexibility index (Phi) is 7.20. The van der Waals surface area contributed by atoms with Crippen molar-refractivity contribution in [1.82, 2.24) is 5.43 Å². The molecule has 2 rings (SSSR count). The van der Waals surface area contributed by atoms with Gasteiger partial charge in [0.2, 0.25) is 0 Å². The SMILES string of the molecule is C=CCOc1cccc(/C=N/NC(=O)C(=O)Nc2cccc(Cl)c2Cl)c1. The summed E-state index contributed by atoms with van der Waals surface area (Å²) in [5.41, 5.74) is 3.05. The Balaban J connectivity index is 1.93. The number of nitrogens with one attached hydrogen (secondary N) is 2. The van der Waals surface area contributed by atoms with Crippen molar-refractivity contribution in [3.8, 4) is 5.75 Å². The third kappa shape index (κ3) is 5.61. The first kappa shape index (κ1) is 19.5. The number of anilines is 1. The fourth-order valence-corrected chi connectivity index (χ4v) is 2.18. The summed E-state index contributed by atoms with van der Waals surface area (Å²) in [6.45, 7) is 3.95. The minimum Gasteiger partial charge on any atom is -0.490 e. The van der Waals surface area contributed by atoms with Crippen LogP contribution in [-0.4, -0.2) is 24.6 Å². The molecular weight excluding hydrogens is 377 g/mol. The number of nitrogens with zero attached hydrogens (tertiary/aromatic N) is 1. The van der Waals surface area contributed by atoms with Crippen LogP contribution in [0.2, 0.25) is 10.0 Å². The highest BCUT2D eigenvalue weighted by Crippen LogP contribution is 2.29. The number of rotatable bonds is 6. The monoisotopic (exact) mass is 391 g/mol. The molecule has 2 amide bonds. The first-order valence-corrected chi connectivity index (χ1v) is 8.19. The second-order valence-electron chi connectivity index (χ2n) is 4.93. The van der Waals surface area contributed by atoms with Gasteiger partial charge < -0.3 is 10.1 Å². The molecule has 2 aromatic carbocycles. The van der Waals surface area contributed by atoms with E-state index in [1.807, 2.05) is 0 Å². The maximum absolute atomic E-state index is 11.9. The number of hydrogen-bond acceptors (Lipinski definition) is 4. The Bertz CT molecular complexity index is 853. The maximum Gasteiger partial charge on any atom is 0.329 e. The fraction of sp³-hybridized carbons (Fsp3) is 0.0556. The van der Waals surface area contributed by atoms with Crippen LogP contribution in [0.4, 0.5) is 5.69 Å². The lowest BCUT2D eigenvalue weighted by atomic mass is 10.2. The number of amides is 2. The summed E-state index contributed by atoms with van der Waals surface area (Å²) in [7, 11) is 0. The van der Waals surface area contributed by atoms with Crippen LogP contribution in [0, 0.1) is 0 Å². The van der Waals surface area contributed by atoms with Crippen LogP contribution in [0.5, 0.6) is 5.75 Å². The summed E-state index contributed by atoms with van der Waals surface area (Å²) in [6.07, 6.45) is 3.02. The molecular formula is C18H15Cl2N3O3. The van der Waals surface area contributed by atoms with E-state index in [9.17, 15) is 9.59 Å². The summed E-state index contributed by atoms with van der Waals surface area (Å²) >= 11 is 11.8. The molecule has 0 aliphatic carbocycles. The quantitative estimate of drug-likeness (QED) is 0.341. The molecule has 2 aromatic rings. The van der Waals surface area contributed by atoms with Crippen molar-refractivity contribution < 1.29 is 14.3 Å². The smallest absolute Gasteiger partial charge is 0.329 e. The van der Waals surface area contributed by atoms with Crippen molar-refractivity contribution in [3.63, 3.8) is 0 Å². The van der Waals surface area contributed by atoms with Gasteiger partial charge in [0, 0.05) is 0 Å². The average Bonchev–Trinajstić information content (AvgIpc) is 2.64. The van der Waals surface area contributed by atoms with E-state index in [0.717, 1.165) is 0 Å². The zero-order valence-corrected chi connectivity index (χ0v) is 15.1. The highest BCUT2D eigenvalue weighted by Gasteiger charge is 2.15. The van der Waals surface area contributed by atoms with Crippen LogP contribution in [0.15, 0.2) is 60.2 Å². The van der Waals surface area contributed by atoms with E-state index < -0.39 is 11.8 Å². The van der Waals surface area contributed by atoms with Gasteiger partial charge in [0.25, 0.3) is 0 Å². The number of ether oxygens (including phenoxy) is 1. The predicted octanol–water partition coefficient (Wildman–Crippen LogP) is 3.65. The van der Waals surface area contributed by atoms with Gasteiger partial charge in [-0.05, 0) is 29.8 Å².